The first-order chi connectivity index (χ1) is 13.4. The fraction of sp³-hybridized carbons (Fsp3) is 0.0455. The summed E-state index contributed by atoms with van der Waals surface area (Å²) in [6.07, 6.45) is 5.21. The Morgan fingerprint density at radius 2 is 1.79 bits per heavy atom. The second-order valence-corrected chi connectivity index (χ2v) is 7.78. The zero-order valence-corrected chi connectivity index (χ0v) is 17.0. The molecule has 0 bridgehead atoms. The molecule has 0 aromatic heterocycles. The molecule has 0 radical (unpaired) electrons. The van der Waals surface area contributed by atoms with Crippen molar-refractivity contribution < 1.29 is 15.0 Å². The minimum absolute atomic E-state index is 0.146. The number of fused-ring (bicyclic) bond motifs is 1. The van der Waals surface area contributed by atoms with Crippen molar-refractivity contribution in [1.82, 2.24) is 9.80 Å². The van der Waals surface area contributed by atoms with Crippen LogP contribution in [0.2, 0.25) is 0 Å². The minimum atomic E-state index is -0.291. The molecule has 28 heavy (non-hydrogen) atoms. The van der Waals surface area contributed by atoms with Crippen LogP contribution in [0, 0.1) is 3.57 Å². The molecule has 2 aromatic rings. The Balaban J connectivity index is 1.67. The van der Waals surface area contributed by atoms with E-state index in [1.165, 1.54) is 0 Å². The van der Waals surface area contributed by atoms with Gasteiger partial charge in [0.05, 0.1) is 6.54 Å². The Morgan fingerprint density at radius 1 is 1.04 bits per heavy atom. The van der Waals surface area contributed by atoms with E-state index in [-0.39, 0.29) is 23.1 Å². The predicted octanol–water partition coefficient (Wildman–Crippen LogP) is 4.49. The topological polar surface area (TPSA) is 64.0 Å². The van der Waals surface area contributed by atoms with Crippen molar-refractivity contribution in [1.29, 1.82) is 0 Å². The molecule has 2 aliphatic heterocycles. The van der Waals surface area contributed by atoms with Crippen molar-refractivity contribution in [3.05, 3.63) is 105 Å². The van der Waals surface area contributed by atoms with Gasteiger partial charge in [-0.05, 0) is 58.0 Å². The van der Waals surface area contributed by atoms with E-state index in [9.17, 15) is 15.0 Å². The lowest BCUT2D eigenvalue weighted by molar-refractivity contribution is -0.127. The molecule has 0 unspecified atom stereocenters. The summed E-state index contributed by atoms with van der Waals surface area (Å²) < 4.78 is 1.10. The van der Waals surface area contributed by atoms with Crippen LogP contribution in [0.5, 0.6) is 5.75 Å². The molecule has 140 valence electrons. The maximum absolute atomic E-state index is 13.0. The summed E-state index contributed by atoms with van der Waals surface area (Å²) in [5, 5.41) is 20.2. The molecular weight excluding hydrogens is 467 g/mol. The standard InChI is InChI=1S/C22H17IN2O3/c1-14-19(16-5-7-18(26)8-6-16)13-24-9-10-25(22(28)20(24)21(14)27)12-15-3-2-4-17(23)11-15/h2-11,13,26-27H,1,12H2. The molecule has 2 aromatic carbocycles. The Labute approximate surface area is 176 Å². The molecule has 2 heterocycles. The van der Waals surface area contributed by atoms with Gasteiger partial charge in [-0.3, -0.25) is 4.79 Å². The van der Waals surface area contributed by atoms with E-state index in [4.69, 9.17) is 0 Å². The Morgan fingerprint density at radius 3 is 2.50 bits per heavy atom. The molecule has 2 N–H and O–H groups in total. The van der Waals surface area contributed by atoms with Crippen LogP contribution in [0.1, 0.15) is 11.1 Å². The van der Waals surface area contributed by atoms with Gasteiger partial charge in [-0.1, -0.05) is 30.8 Å². The summed E-state index contributed by atoms with van der Waals surface area (Å²) in [4.78, 5) is 16.2. The lowest BCUT2D eigenvalue weighted by Crippen LogP contribution is -2.38. The number of carbonyl (C=O) groups excluding carboxylic acids is 1. The van der Waals surface area contributed by atoms with Gasteiger partial charge in [0.2, 0.25) is 0 Å². The number of benzene rings is 2. The maximum atomic E-state index is 13.0. The van der Waals surface area contributed by atoms with Gasteiger partial charge in [0, 0.05) is 33.3 Å². The van der Waals surface area contributed by atoms with Crippen LogP contribution in [-0.2, 0) is 11.3 Å². The number of aliphatic hydroxyl groups is 1. The lowest BCUT2D eigenvalue weighted by atomic mass is 9.94. The lowest BCUT2D eigenvalue weighted by Gasteiger charge is -2.34. The molecule has 6 heteroatoms. The van der Waals surface area contributed by atoms with E-state index in [0.29, 0.717) is 17.7 Å². The maximum Gasteiger partial charge on any atom is 0.279 e. The average molecular weight is 484 g/mol. The van der Waals surface area contributed by atoms with Gasteiger partial charge >= 0.3 is 0 Å². The van der Waals surface area contributed by atoms with Crippen LogP contribution in [0.3, 0.4) is 0 Å². The summed E-state index contributed by atoms with van der Waals surface area (Å²) in [7, 11) is 0. The quantitative estimate of drug-likeness (QED) is 0.631. The van der Waals surface area contributed by atoms with E-state index in [0.717, 1.165) is 14.7 Å². The van der Waals surface area contributed by atoms with Crippen molar-refractivity contribution in [2.24, 2.45) is 0 Å². The average Bonchev–Trinajstić information content (AvgIpc) is 2.67. The summed E-state index contributed by atoms with van der Waals surface area (Å²) in [5.41, 5.74) is 3.03. The van der Waals surface area contributed by atoms with Gasteiger partial charge in [-0.2, -0.15) is 0 Å². The normalized spacial score (nSPS) is 16.4. The number of halogens is 1. The van der Waals surface area contributed by atoms with Crippen LogP contribution in [0.25, 0.3) is 5.57 Å². The minimum Gasteiger partial charge on any atom is -0.508 e. The van der Waals surface area contributed by atoms with Gasteiger partial charge < -0.3 is 20.0 Å². The zero-order valence-electron chi connectivity index (χ0n) is 14.8. The van der Waals surface area contributed by atoms with E-state index in [1.807, 2.05) is 24.3 Å². The van der Waals surface area contributed by atoms with Gasteiger partial charge in [-0.25, -0.2) is 0 Å². The zero-order chi connectivity index (χ0) is 19.8. The molecular formula is C22H17IN2O3. The monoisotopic (exact) mass is 484 g/mol. The number of aromatic hydroxyl groups is 1. The number of amides is 1. The van der Waals surface area contributed by atoms with E-state index < -0.39 is 0 Å². The SMILES string of the molecule is C=C1C(c2ccc(O)cc2)=CN2C=CN(Cc3cccc(I)c3)C(=O)C2=C1O. The number of nitrogens with zero attached hydrogens (tertiary/aromatic N) is 2. The number of rotatable bonds is 3. The van der Waals surface area contributed by atoms with Gasteiger partial charge in [0.15, 0.2) is 11.5 Å². The number of hydrogen-bond donors (Lipinski definition) is 2. The molecule has 0 saturated carbocycles. The molecule has 5 nitrogen and oxygen atoms in total. The van der Waals surface area contributed by atoms with Crippen molar-refractivity contribution in [2.45, 2.75) is 6.54 Å². The van der Waals surface area contributed by atoms with Crippen molar-refractivity contribution >= 4 is 34.1 Å². The van der Waals surface area contributed by atoms with Crippen LogP contribution in [0.4, 0.5) is 0 Å². The first kappa shape index (κ1) is 18.4. The highest BCUT2D eigenvalue weighted by Gasteiger charge is 2.33. The smallest absolute Gasteiger partial charge is 0.279 e. The molecule has 1 amide bonds. The van der Waals surface area contributed by atoms with Crippen molar-refractivity contribution in [2.75, 3.05) is 0 Å². The third kappa shape index (κ3) is 3.31. The first-order valence-corrected chi connectivity index (χ1v) is 9.68. The number of aliphatic hydroxyl groups excluding tert-OH is 1. The molecule has 0 saturated heterocycles. The number of phenolic OH excluding ortho intramolecular Hbond substituents is 1. The predicted molar refractivity (Wildman–Crippen MR) is 116 cm³/mol. The Bertz CT molecular complexity index is 1070. The van der Waals surface area contributed by atoms with Gasteiger partial charge in [0.25, 0.3) is 5.91 Å². The van der Waals surface area contributed by atoms with Crippen LogP contribution in [0.15, 0.2) is 90.7 Å². The van der Waals surface area contributed by atoms with Crippen molar-refractivity contribution in [3.8, 4) is 5.75 Å². The van der Waals surface area contributed by atoms with Crippen LogP contribution in [-0.4, -0.2) is 25.9 Å². The molecule has 0 fully saturated rings. The highest BCUT2D eigenvalue weighted by molar-refractivity contribution is 14.1. The summed E-state index contributed by atoms with van der Waals surface area (Å²) in [6, 6.07) is 14.5. The molecule has 0 spiro atoms. The molecule has 0 aliphatic carbocycles. The number of carbonyl (C=O) groups is 1. The van der Waals surface area contributed by atoms with Gasteiger partial charge in [0.1, 0.15) is 5.75 Å². The molecule has 0 atom stereocenters. The highest BCUT2D eigenvalue weighted by Crippen LogP contribution is 2.37. The summed E-state index contributed by atoms with van der Waals surface area (Å²) in [5.74, 6) is -0.279. The fourth-order valence-electron chi connectivity index (χ4n) is 3.21. The number of allylic oxidation sites excluding steroid dienone is 1. The number of phenols is 1. The fourth-order valence-corrected chi connectivity index (χ4v) is 3.81. The highest BCUT2D eigenvalue weighted by atomic mass is 127. The Hall–Kier alpha value is -3.00. The van der Waals surface area contributed by atoms with E-state index >= 15 is 0 Å². The van der Waals surface area contributed by atoms with Crippen molar-refractivity contribution in [3.63, 3.8) is 0 Å². The van der Waals surface area contributed by atoms with Gasteiger partial charge in [-0.15, -0.1) is 0 Å². The molecule has 2 aliphatic rings. The molecule has 4 rings (SSSR count). The summed E-state index contributed by atoms with van der Waals surface area (Å²) >= 11 is 2.24. The largest absolute Gasteiger partial charge is 0.508 e. The van der Waals surface area contributed by atoms with Crippen LogP contribution < -0.4 is 0 Å². The van der Waals surface area contributed by atoms with E-state index in [2.05, 4.69) is 29.2 Å². The third-order valence-electron chi connectivity index (χ3n) is 4.65. The second kappa shape index (κ2) is 7.20. The second-order valence-electron chi connectivity index (χ2n) is 6.53. The third-order valence-corrected chi connectivity index (χ3v) is 5.32. The van der Waals surface area contributed by atoms with E-state index in [1.54, 1.807) is 52.7 Å². The summed E-state index contributed by atoms with van der Waals surface area (Å²) in [6.45, 7) is 4.37. The first-order valence-electron chi connectivity index (χ1n) is 8.60. The van der Waals surface area contributed by atoms with Crippen LogP contribution >= 0.6 is 22.6 Å². The number of hydrogen-bond acceptors (Lipinski definition) is 4. The Kier molecular flexibility index (Phi) is 4.72.